The van der Waals surface area contributed by atoms with Crippen molar-refractivity contribution in [2.75, 3.05) is 25.2 Å². The highest BCUT2D eigenvalue weighted by Gasteiger charge is 2.19. The first-order chi connectivity index (χ1) is 8.31. The Kier molecular flexibility index (Phi) is 4.57. The molecule has 0 heterocycles. The number of alkyl halides is 1. The highest BCUT2D eigenvalue weighted by atomic mass is 79.9. The number of carbonyl (C=O) groups is 1. The van der Waals surface area contributed by atoms with Gasteiger partial charge in [0.1, 0.15) is 12.4 Å². The second kappa shape index (κ2) is 6.17. The van der Waals surface area contributed by atoms with Crippen LogP contribution in [0.2, 0.25) is 0 Å². The third-order valence-corrected chi connectivity index (χ3v) is 3.04. The molecule has 0 fully saturated rings. The fourth-order valence-corrected chi connectivity index (χ4v) is 2.13. The van der Waals surface area contributed by atoms with E-state index in [0.717, 1.165) is 28.6 Å². The topological polar surface area (TPSA) is 35.5 Å². The number of rotatable bonds is 6. The summed E-state index contributed by atoms with van der Waals surface area (Å²) in [7, 11) is 0. The first-order valence-corrected chi connectivity index (χ1v) is 6.86. The number of hydrogen-bond donors (Lipinski definition) is 0. The highest BCUT2D eigenvalue weighted by molar-refractivity contribution is 9.09. The Balaban J connectivity index is 1.84. The Morgan fingerprint density at radius 1 is 1.18 bits per heavy atom. The molecule has 1 aromatic rings. The number of ketones is 1. The Bertz CT molecular complexity index is 404. The van der Waals surface area contributed by atoms with Crippen LogP contribution in [0.3, 0.4) is 0 Å². The van der Waals surface area contributed by atoms with Crippen LogP contribution in [0.5, 0.6) is 5.75 Å². The molecule has 0 saturated heterocycles. The van der Waals surface area contributed by atoms with Crippen LogP contribution in [0, 0.1) is 0 Å². The number of hydrogen-bond acceptors (Lipinski definition) is 3. The van der Waals surface area contributed by atoms with E-state index in [0.29, 0.717) is 26.2 Å². The van der Waals surface area contributed by atoms with Crippen LogP contribution in [0.15, 0.2) is 18.2 Å². The fourth-order valence-electron chi connectivity index (χ4n) is 1.90. The first-order valence-electron chi connectivity index (χ1n) is 5.74. The van der Waals surface area contributed by atoms with Crippen molar-refractivity contribution in [1.29, 1.82) is 0 Å². The molecule has 1 aromatic carbocycles. The maximum absolute atomic E-state index is 11.4. The zero-order valence-electron chi connectivity index (χ0n) is 9.58. The minimum absolute atomic E-state index is 0.243. The van der Waals surface area contributed by atoms with Gasteiger partial charge in [-0.1, -0.05) is 15.9 Å². The summed E-state index contributed by atoms with van der Waals surface area (Å²) in [6.07, 6.45) is 1.47. The summed E-state index contributed by atoms with van der Waals surface area (Å²) in [5.74, 6) is 1.06. The molecule has 4 heteroatoms. The van der Waals surface area contributed by atoms with Crippen molar-refractivity contribution in [2.24, 2.45) is 0 Å². The molecule has 17 heavy (non-hydrogen) atoms. The standard InChI is InChI=1S/C13H15BrO3/c14-5-6-16-7-8-17-11-2-3-12-10(9-11)1-4-13(12)15/h2-3,9H,1,4-8H2. The van der Waals surface area contributed by atoms with E-state index in [4.69, 9.17) is 9.47 Å². The average molecular weight is 299 g/mol. The van der Waals surface area contributed by atoms with E-state index in [1.165, 1.54) is 0 Å². The van der Waals surface area contributed by atoms with Crippen molar-refractivity contribution >= 4 is 21.7 Å². The molecular weight excluding hydrogens is 284 g/mol. The zero-order chi connectivity index (χ0) is 12.1. The van der Waals surface area contributed by atoms with E-state index >= 15 is 0 Å². The van der Waals surface area contributed by atoms with Gasteiger partial charge in [-0.3, -0.25) is 4.79 Å². The maximum atomic E-state index is 11.4. The van der Waals surface area contributed by atoms with Gasteiger partial charge in [-0.2, -0.15) is 0 Å². The summed E-state index contributed by atoms with van der Waals surface area (Å²) >= 11 is 3.29. The lowest BCUT2D eigenvalue weighted by molar-refractivity contribution is 0.0994. The van der Waals surface area contributed by atoms with Crippen molar-refractivity contribution in [1.82, 2.24) is 0 Å². The van der Waals surface area contributed by atoms with Gasteiger partial charge in [0, 0.05) is 17.3 Å². The normalized spacial score (nSPS) is 13.8. The van der Waals surface area contributed by atoms with Gasteiger partial charge < -0.3 is 9.47 Å². The summed E-state index contributed by atoms with van der Waals surface area (Å²) in [4.78, 5) is 11.4. The van der Waals surface area contributed by atoms with Crippen LogP contribution >= 0.6 is 15.9 Å². The van der Waals surface area contributed by atoms with Crippen molar-refractivity contribution in [2.45, 2.75) is 12.8 Å². The molecule has 1 aliphatic rings. The molecule has 0 atom stereocenters. The molecule has 3 nitrogen and oxygen atoms in total. The molecule has 0 aromatic heterocycles. The van der Waals surface area contributed by atoms with E-state index < -0.39 is 0 Å². The summed E-state index contributed by atoms with van der Waals surface area (Å²) in [6.45, 7) is 1.82. The van der Waals surface area contributed by atoms with Gasteiger partial charge in [-0.15, -0.1) is 0 Å². The largest absolute Gasteiger partial charge is 0.491 e. The van der Waals surface area contributed by atoms with E-state index in [2.05, 4.69) is 15.9 Å². The molecular formula is C13H15BrO3. The molecule has 0 bridgehead atoms. The maximum Gasteiger partial charge on any atom is 0.163 e. The van der Waals surface area contributed by atoms with Crippen LogP contribution in [-0.4, -0.2) is 30.9 Å². The second-order valence-corrected chi connectivity index (χ2v) is 4.68. The van der Waals surface area contributed by atoms with Crippen molar-refractivity contribution in [3.05, 3.63) is 29.3 Å². The SMILES string of the molecule is O=C1CCc2cc(OCCOCCBr)ccc21. The Morgan fingerprint density at radius 3 is 2.88 bits per heavy atom. The molecule has 0 radical (unpaired) electrons. The van der Waals surface area contributed by atoms with Crippen LogP contribution in [0.1, 0.15) is 22.3 Å². The van der Waals surface area contributed by atoms with Crippen molar-refractivity contribution in [3.8, 4) is 5.75 Å². The van der Waals surface area contributed by atoms with Gasteiger partial charge in [0.25, 0.3) is 0 Å². The minimum Gasteiger partial charge on any atom is -0.491 e. The predicted molar refractivity (Wildman–Crippen MR) is 69.2 cm³/mol. The molecule has 0 spiro atoms. The first kappa shape index (κ1) is 12.6. The average Bonchev–Trinajstić information content (AvgIpc) is 2.71. The number of aryl methyl sites for hydroxylation is 1. The minimum atomic E-state index is 0.243. The third-order valence-electron chi connectivity index (χ3n) is 2.72. The zero-order valence-corrected chi connectivity index (χ0v) is 11.2. The number of benzene rings is 1. The van der Waals surface area contributed by atoms with Gasteiger partial charge in [-0.05, 0) is 30.2 Å². The Hall–Kier alpha value is -0.870. The molecule has 1 aliphatic carbocycles. The summed E-state index contributed by atoms with van der Waals surface area (Å²) < 4.78 is 10.8. The van der Waals surface area contributed by atoms with Crippen molar-refractivity contribution < 1.29 is 14.3 Å². The molecule has 0 saturated carbocycles. The molecule has 0 amide bonds. The fraction of sp³-hybridized carbons (Fsp3) is 0.462. The van der Waals surface area contributed by atoms with Gasteiger partial charge in [0.05, 0.1) is 13.2 Å². The highest BCUT2D eigenvalue weighted by Crippen LogP contribution is 2.25. The summed E-state index contributed by atoms with van der Waals surface area (Å²) in [6, 6.07) is 5.68. The molecule has 2 rings (SSSR count). The lowest BCUT2D eigenvalue weighted by atomic mass is 10.1. The van der Waals surface area contributed by atoms with E-state index in [9.17, 15) is 4.79 Å². The molecule has 0 unspecified atom stereocenters. The van der Waals surface area contributed by atoms with E-state index in [1.807, 2.05) is 18.2 Å². The third kappa shape index (κ3) is 3.30. The lowest BCUT2D eigenvalue weighted by Gasteiger charge is -2.07. The molecule has 92 valence electrons. The Morgan fingerprint density at radius 2 is 2.06 bits per heavy atom. The lowest BCUT2D eigenvalue weighted by Crippen LogP contribution is -2.08. The summed E-state index contributed by atoms with van der Waals surface area (Å²) in [5, 5.41) is 0.841. The van der Waals surface area contributed by atoms with Gasteiger partial charge >= 0.3 is 0 Å². The van der Waals surface area contributed by atoms with E-state index in [1.54, 1.807) is 0 Å². The van der Waals surface area contributed by atoms with Gasteiger partial charge in [-0.25, -0.2) is 0 Å². The molecule has 0 N–H and O–H groups in total. The monoisotopic (exact) mass is 298 g/mol. The van der Waals surface area contributed by atoms with Crippen LogP contribution in [0.25, 0.3) is 0 Å². The van der Waals surface area contributed by atoms with Gasteiger partial charge in [0.2, 0.25) is 0 Å². The number of halogens is 1. The smallest absolute Gasteiger partial charge is 0.163 e. The number of Topliss-reactive ketones (excluding diaryl/α,β-unsaturated/α-hetero) is 1. The number of carbonyl (C=O) groups excluding carboxylic acids is 1. The molecule has 0 aliphatic heterocycles. The quantitative estimate of drug-likeness (QED) is 0.598. The van der Waals surface area contributed by atoms with Crippen molar-refractivity contribution in [3.63, 3.8) is 0 Å². The van der Waals surface area contributed by atoms with Crippen LogP contribution in [0.4, 0.5) is 0 Å². The number of ether oxygens (including phenoxy) is 2. The number of fused-ring (bicyclic) bond motifs is 1. The Labute approximate surface area is 109 Å². The van der Waals surface area contributed by atoms with E-state index in [-0.39, 0.29) is 5.78 Å². The second-order valence-electron chi connectivity index (χ2n) is 3.89. The predicted octanol–water partition coefficient (Wildman–Crippen LogP) is 2.61. The van der Waals surface area contributed by atoms with Crippen LogP contribution in [-0.2, 0) is 11.2 Å². The van der Waals surface area contributed by atoms with Crippen LogP contribution < -0.4 is 4.74 Å². The van der Waals surface area contributed by atoms with Gasteiger partial charge in [0.15, 0.2) is 5.78 Å². The summed E-state index contributed by atoms with van der Waals surface area (Å²) in [5.41, 5.74) is 1.96.